The van der Waals surface area contributed by atoms with Gasteiger partial charge in [-0.15, -0.1) is 11.6 Å². The molecule has 0 fully saturated rings. The number of benzene rings is 1. The van der Waals surface area contributed by atoms with Crippen LogP contribution in [-0.4, -0.2) is 36.7 Å². The summed E-state index contributed by atoms with van der Waals surface area (Å²) in [4.78, 5) is 11.8. The zero-order valence-electron chi connectivity index (χ0n) is 10.4. The highest BCUT2D eigenvalue weighted by Crippen LogP contribution is 2.19. The minimum absolute atomic E-state index is 0.132. The van der Waals surface area contributed by atoms with Gasteiger partial charge in [0.15, 0.2) is 0 Å². The monoisotopic (exact) mass is 271 g/mol. The molecule has 0 radical (unpaired) electrons. The molecular formula is C13H18ClNO3. The normalized spacial score (nSPS) is 10.3. The lowest BCUT2D eigenvalue weighted by Crippen LogP contribution is -2.26. The summed E-state index contributed by atoms with van der Waals surface area (Å²) in [5, 5.41) is 12.3. The average molecular weight is 272 g/mol. The van der Waals surface area contributed by atoms with Crippen LogP contribution in [0, 0.1) is 6.92 Å². The summed E-state index contributed by atoms with van der Waals surface area (Å²) in [7, 11) is 0. The Morgan fingerprint density at radius 2 is 2.22 bits per heavy atom. The van der Waals surface area contributed by atoms with Gasteiger partial charge in [-0.3, -0.25) is 4.79 Å². The van der Waals surface area contributed by atoms with Crippen LogP contribution in [-0.2, 0) is 4.74 Å². The molecule has 4 nitrogen and oxygen atoms in total. The summed E-state index contributed by atoms with van der Waals surface area (Å²) in [6, 6.07) is 4.90. The number of amides is 1. The lowest BCUT2D eigenvalue weighted by molar-refractivity contribution is 0.0943. The molecule has 0 aliphatic rings. The number of rotatable bonds is 7. The van der Waals surface area contributed by atoms with Crippen molar-refractivity contribution in [3.63, 3.8) is 0 Å². The third kappa shape index (κ3) is 4.55. The molecule has 0 bridgehead atoms. The summed E-state index contributed by atoms with van der Waals surface area (Å²) in [6.45, 7) is 3.36. The van der Waals surface area contributed by atoms with E-state index in [1.807, 2.05) is 0 Å². The second-order valence-electron chi connectivity index (χ2n) is 3.86. The molecule has 0 spiro atoms. The maximum absolute atomic E-state index is 11.8. The van der Waals surface area contributed by atoms with Gasteiger partial charge < -0.3 is 15.2 Å². The van der Waals surface area contributed by atoms with Gasteiger partial charge in [0.1, 0.15) is 5.75 Å². The van der Waals surface area contributed by atoms with E-state index in [9.17, 15) is 9.90 Å². The highest BCUT2D eigenvalue weighted by atomic mass is 35.5. The zero-order valence-corrected chi connectivity index (χ0v) is 11.2. The third-order valence-electron chi connectivity index (χ3n) is 2.52. The number of phenols is 1. The van der Waals surface area contributed by atoms with Crippen LogP contribution in [0.25, 0.3) is 0 Å². The Balaban J connectivity index is 2.35. The summed E-state index contributed by atoms with van der Waals surface area (Å²) in [6.07, 6.45) is 0.737. The van der Waals surface area contributed by atoms with Crippen LogP contribution >= 0.6 is 11.6 Å². The Morgan fingerprint density at radius 1 is 1.44 bits per heavy atom. The fraction of sp³-hybridized carbons (Fsp3) is 0.462. The molecule has 18 heavy (non-hydrogen) atoms. The topological polar surface area (TPSA) is 58.6 Å². The van der Waals surface area contributed by atoms with Gasteiger partial charge in [0.2, 0.25) is 0 Å². The molecule has 1 amide bonds. The van der Waals surface area contributed by atoms with Gasteiger partial charge in [0.25, 0.3) is 5.91 Å². The van der Waals surface area contributed by atoms with Crippen LogP contribution in [0.4, 0.5) is 0 Å². The smallest absolute Gasteiger partial charge is 0.251 e. The van der Waals surface area contributed by atoms with Crippen molar-refractivity contribution in [1.29, 1.82) is 0 Å². The van der Waals surface area contributed by atoms with Gasteiger partial charge in [-0.05, 0) is 25.5 Å². The number of hydrogen-bond acceptors (Lipinski definition) is 3. The van der Waals surface area contributed by atoms with E-state index < -0.39 is 0 Å². The van der Waals surface area contributed by atoms with Crippen molar-refractivity contribution in [3.8, 4) is 5.75 Å². The molecule has 0 saturated carbocycles. The van der Waals surface area contributed by atoms with Crippen molar-refractivity contribution >= 4 is 17.5 Å². The number of hydrogen-bond donors (Lipinski definition) is 2. The predicted octanol–water partition coefficient (Wildman–Crippen LogP) is 2.08. The average Bonchev–Trinajstić information content (AvgIpc) is 2.36. The number of carbonyl (C=O) groups is 1. The molecule has 1 aromatic carbocycles. The second-order valence-corrected chi connectivity index (χ2v) is 4.24. The lowest BCUT2D eigenvalue weighted by Gasteiger charge is -2.08. The first-order valence-corrected chi connectivity index (χ1v) is 6.40. The first-order chi connectivity index (χ1) is 8.66. The van der Waals surface area contributed by atoms with E-state index in [1.54, 1.807) is 25.1 Å². The Bertz CT molecular complexity index is 396. The number of alkyl halides is 1. The number of carbonyl (C=O) groups excluding carboxylic acids is 1. The van der Waals surface area contributed by atoms with Crippen LogP contribution in [0.2, 0.25) is 0 Å². The Hall–Kier alpha value is -1.26. The van der Waals surface area contributed by atoms with E-state index in [1.165, 1.54) is 0 Å². The minimum atomic E-state index is -0.180. The summed E-state index contributed by atoms with van der Waals surface area (Å²) < 4.78 is 5.19. The van der Waals surface area contributed by atoms with E-state index >= 15 is 0 Å². The van der Waals surface area contributed by atoms with Crippen molar-refractivity contribution in [1.82, 2.24) is 5.32 Å². The molecule has 5 heteroatoms. The molecule has 1 aromatic rings. The van der Waals surface area contributed by atoms with Crippen molar-refractivity contribution in [2.45, 2.75) is 13.3 Å². The number of halogens is 1. The van der Waals surface area contributed by atoms with Gasteiger partial charge in [-0.2, -0.15) is 0 Å². The van der Waals surface area contributed by atoms with Crippen LogP contribution in [0.1, 0.15) is 22.3 Å². The van der Waals surface area contributed by atoms with E-state index in [4.69, 9.17) is 16.3 Å². The quantitative estimate of drug-likeness (QED) is 0.590. The highest BCUT2D eigenvalue weighted by Gasteiger charge is 2.10. The summed E-state index contributed by atoms with van der Waals surface area (Å²) in [5.41, 5.74) is 1.09. The van der Waals surface area contributed by atoms with Gasteiger partial charge in [-0.1, -0.05) is 6.07 Å². The number of nitrogens with one attached hydrogen (secondary N) is 1. The lowest BCUT2D eigenvalue weighted by atomic mass is 10.1. The largest absolute Gasteiger partial charge is 0.508 e. The Morgan fingerprint density at radius 3 is 2.94 bits per heavy atom. The van der Waals surface area contributed by atoms with Crippen LogP contribution < -0.4 is 5.32 Å². The van der Waals surface area contributed by atoms with Crippen molar-refractivity contribution in [2.75, 3.05) is 25.6 Å². The second kappa shape index (κ2) is 7.95. The van der Waals surface area contributed by atoms with Gasteiger partial charge in [-0.25, -0.2) is 0 Å². The molecular weight excluding hydrogens is 254 g/mol. The first-order valence-electron chi connectivity index (χ1n) is 5.87. The fourth-order valence-corrected chi connectivity index (χ4v) is 1.61. The molecule has 0 aliphatic heterocycles. The summed E-state index contributed by atoms with van der Waals surface area (Å²) in [5.74, 6) is 0.434. The number of aromatic hydroxyl groups is 1. The van der Waals surface area contributed by atoms with Crippen LogP contribution in [0.3, 0.4) is 0 Å². The molecule has 0 atom stereocenters. The minimum Gasteiger partial charge on any atom is -0.508 e. The molecule has 100 valence electrons. The van der Waals surface area contributed by atoms with Crippen molar-refractivity contribution < 1.29 is 14.6 Å². The Labute approximate surface area is 112 Å². The van der Waals surface area contributed by atoms with Gasteiger partial charge in [0, 0.05) is 30.2 Å². The van der Waals surface area contributed by atoms with Gasteiger partial charge >= 0.3 is 0 Å². The molecule has 0 heterocycles. The highest BCUT2D eigenvalue weighted by molar-refractivity contribution is 6.17. The predicted molar refractivity (Wildman–Crippen MR) is 71.3 cm³/mol. The molecule has 0 aliphatic carbocycles. The summed E-state index contributed by atoms with van der Waals surface area (Å²) >= 11 is 5.46. The van der Waals surface area contributed by atoms with Crippen molar-refractivity contribution in [2.24, 2.45) is 0 Å². The standard InChI is InChI=1S/C13H18ClNO3/c1-10-11(4-2-5-12(10)16)13(17)15-7-3-8-18-9-6-14/h2,4-5,16H,3,6-9H2,1H3,(H,15,17). The number of ether oxygens (including phenoxy) is 1. The maximum atomic E-state index is 11.8. The van der Waals surface area contributed by atoms with Gasteiger partial charge in [0.05, 0.1) is 6.61 Å². The van der Waals surface area contributed by atoms with Crippen LogP contribution in [0.15, 0.2) is 18.2 Å². The molecule has 0 aromatic heterocycles. The molecule has 0 unspecified atom stereocenters. The zero-order chi connectivity index (χ0) is 13.4. The first kappa shape index (κ1) is 14.8. The van der Waals surface area contributed by atoms with E-state index in [-0.39, 0.29) is 11.7 Å². The van der Waals surface area contributed by atoms with E-state index in [0.717, 1.165) is 6.42 Å². The molecule has 1 rings (SSSR count). The number of phenolic OH excluding ortho intramolecular Hbond substituents is 1. The van der Waals surface area contributed by atoms with Crippen LogP contribution in [0.5, 0.6) is 5.75 Å². The maximum Gasteiger partial charge on any atom is 0.251 e. The molecule has 2 N–H and O–H groups in total. The molecule has 0 saturated heterocycles. The fourth-order valence-electron chi connectivity index (χ4n) is 1.50. The van der Waals surface area contributed by atoms with E-state index in [2.05, 4.69) is 5.32 Å². The SMILES string of the molecule is Cc1c(O)cccc1C(=O)NCCCOCCCl. The Kier molecular flexibility index (Phi) is 6.54. The van der Waals surface area contributed by atoms with E-state index in [0.29, 0.717) is 36.8 Å². The third-order valence-corrected chi connectivity index (χ3v) is 2.68. The van der Waals surface area contributed by atoms with Crippen molar-refractivity contribution in [3.05, 3.63) is 29.3 Å².